The molecule has 2 rings (SSSR count). The van der Waals surface area contributed by atoms with Crippen LogP contribution in [0, 0.1) is 0 Å². The van der Waals surface area contributed by atoms with E-state index in [9.17, 15) is 14.7 Å². The number of aliphatic hydroxyl groups is 3. The maximum atomic E-state index is 9.77. The fraction of sp³-hybridized carbons (Fsp3) is 0.857. The molecular weight excluding hydrogens is 342 g/mol. The van der Waals surface area contributed by atoms with Gasteiger partial charge in [0.25, 0.3) is 0 Å². The van der Waals surface area contributed by atoms with Crippen molar-refractivity contribution in [3.05, 3.63) is 0 Å². The molecule has 0 bridgehead atoms. The van der Waals surface area contributed by atoms with Gasteiger partial charge >= 0.3 is 11.9 Å². The van der Waals surface area contributed by atoms with Crippen LogP contribution in [-0.2, 0) is 23.8 Å². The number of carbonyl (C=O) groups is 2. The van der Waals surface area contributed by atoms with E-state index in [1.54, 1.807) is 6.92 Å². The van der Waals surface area contributed by atoms with E-state index >= 15 is 0 Å². The Morgan fingerprint density at radius 3 is 1.92 bits per heavy atom. The number of carboxylic acid groups (broad SMARTS) is 2. The summed E-state index contributed by atoms with van der Waals surface area (Å²) in [5.74, 6) is -4.14. The van der Waals surface area contributed by atoms with Gasteiger partial charge in [-0.2, -0.15) is 0 Å². The molecular formula is C14H25NO10. The Labute approximate surface area is 143 Å². The Bertz CT molecular complexity index is 462. The third kappa shape index (κ3) is 5.85. The van der Waals surface area contributed by atoms with Gasteiger partial charge in [0.05, 0.1) is 6.10 Å². The maximum absolute atomic E-state index is 9.77. The van der Waals surface area contributed by atoms with E-state index in [4.69, 9.17) is 40.4 Å². The second-order valence-electron chi connectivity index (χ2n) is 6.30. The van der Waals surface area contributed by atoms with E-state index in [1.165, 1.54) is 0 Å². The molecule has 0 radical (unpaired) electrons. The van der Waals surface area contributed by atoms with Crippen LogP contribution in [0.2, 0.25) is 0 Å². The quantitative estimate of drug-likeness (QED) is 0.290. The van der Waals surface area contributed by atoms with Crippen LogP contribution < -0.4 is 5.73 Å². The number of fused-ring (bicyclic) bond motifs is 1. The molecule has 1 saturated heterocycles. The molecule has 0 amide bonds. The SMILES string of the molecule is C[C@H](O)O[C@@H]1C[C@H](N)[C@H]2OC(C)(C)O[C@H]21.O=C(O)C(O)[C@@H](O)C(=O)O. The minimum Gasteiger partial charge on any atom is -0.479 e. The van der Waals surface area contributed by atoms with Gasteiger partial charge in [0.15, 0.2) is 24.3 Å². The predicted molar refractivity (Wildman–Crippen MR) is 80.3 cm³/mol. The Hall–Kier alpha value is -1.34. The molecule has 2 aliphatic rings. The lowest BCUT2D eigenvalue weighted by Gasteiger charge is -2.23. The number of carboxylic acids is 2. The van der Waals surface area contributed by atoms with Gasteiger partial charge < -0.3 is 45.5 Å². The second-order valence-corrected chi connectivity index (χ2v) is 6.30. The smallest absolute Gasteiger partial charge is 0.335 e. The summed E-state index contributed by atoms with van der Waals surface area (Å²) in [7, 11) is 0. The number of hydrogen-bond donors (Lipinski definition) is 6. The molecule has 2 fully saturated rings. The lowest BCUT2D eigenvalue weighted by atomic mass is 10.2. The van der Waals surface area contributed by atoms with Gasteiger partial charge in [-0.15, -0.1) is 0 Å². The average molecular weight is 367 g/mol. The summed E-state index contributed by atoms with van der Waals surface area (Å²) in [4.78, 5) is 19.5. The third-order valence-electron chi connectivity index (χ3n) is 3.63. The average Bonchev–Trinajstić information content (AvgIpc) is 2.92. The molecule has 1 aliphatic carbocycles. The number of aliphatic carboxylic acids is 2. The first-order valence-electron chi connectivity index (χ1n) is 7.62. The van der Waals surface area contributed by atoms with Crippen molar-refractivity contribution in [2.75, 3.05) is 0 Å². The summed E-state index contributed by atoms with van der Waals surface area (Å²) in [6, 6.07) is -0.0828. The lowest BCUT2D eigenvalue weighted by Crippen LogP contribution is -2.39. The van der Waals surface area contributed by atoms with Crippen LogP contribution in [-0.4, -0.2) is 86.1 Å². The first kappa shape index (κ1) is 21.7. The Balaban J connectivity index is 0.000000275. The molecule has 0 spiro atoms. The zero-order valence-electron chi connectivity index (χ0n) is 14.1. The van der Waals surface area contributed by atoms with E-state index in [0.717, 1.165) is 0 Å². The molecule has 11 heteroatoms. The number of rotatable bonds is 5. The van der Waals surface area contributed by atoms with Gasteiger partial charge in [-0.05, 0) is 27.2 Å². The lowest BCUT2D eigenvalue weighted by molar-refractivity contribution is -0.191. The highest BCUT2D eigenvalue weighted by molar-refractivity contribution is 5.83. The maximum Gasteiger partial charge on any atom is 0.335 e. The van der Waals surface area contributed by atoms with E-state index in [0.29, 0.717) is 6.42 Å². The highest BCUT2D eigenvalue weighted by Gasteiger charge is 2.53. The fourth-order valence-electron chi connectivity index (χ4n) is 2.63. The Kier molecular flexibility index (Phi) is 7.26. The van der Waals surface area contributed by atoms with Crippen molar-refractivity contribution in [3.63, 3.8) is 0 Å². The third-order valence-corrected chi connectivity index (χ3v) is 3.63. The van der Waals surface area contributed by atoms with Crippen molar-refractivity contribution in [1.29, 1.82) is 0 Å². The molecule has 0 aromatic heterocycles. The van der Waals surface area contributed by atoms with Crippen LogP contribution in [0.25, 0.3) is 0 Å². The summed E-state index contributed by atoms with van der Waals surface area (Å²) in [6.07, 6.45) is -5.13. The molecule has 1 saturated carbocycles. The zero-order valence-corrected chi connectivity index (χ0v) is 14.1. The first-order chi connectivity index (χ1) is 11.4. The van der Waals surface area contributed by atoms with Crippen LogP contribution in [0.15, 0.2) is 0 Å². The van der Waals surface area contributed by atoms with Gasteiger partial charge in [-0.3, -0.25) is 0 Å². The Morgan fingerprint density at radius 2 is 1.52 bits per heavy atom. The molecule has 1 aliphatic heterocycles. The highest BCUT2D eigenvalue weighted by Crippen LogP contribution is 2.39. The summed E-state index contributed by atoms with van der Waals surface area (Å²) in [5.41, 5.74) is 5.94. The van der Waals surface area contributed by atoms with Crippen molar-refractivity contribution in [3.8, 4) is 0 Å². The topological polar surface area (TPSA) is 189 Å². The minimum absolute atomic E-state index is 0.0828. The van der Waals surface area contributed by atoms with Crippen molar-refractivity contribution >= 4 is 11.9 Å². The van der Waals surface area contributed by atoms with E-state index in [2.05, 4.69) is 0 Å². The van der Waals surface area contributed by atoms with Gasteiger partial charge in [-0.25, -0.2) is 9.59 Å². The standard InChI is InChI=1S/C10H19NO4.C4H6O6/c1-5(12)13-7-4-6(11)8-9(7)15-10(2,3)14-8;5-1(3(7)8)2(6)4(9)10/h5-9,12H,4,11H2,1-3H3;1-2,5-6H,(H,7,8)(H,9,10)/t5-,6+,7-,8-,9+;1-,2?/m11/s1. The normalized spacial score (nSPS) is 33.6. The van der Waals surface area contributed by atoms with Gasteiger partial charge in [0, 0.05) is 6.04 Å². The highest BCUT2D eigenvalue weighted by atomic mass is 16.8. The number of hydrogen-bond acceptors (Lipinski definition) is 9. The van der Waals surface area contributed by atoms with E-state index < -0.39 is 36.2 Å². The van der Waals surface area contributed by atoms with Crippen LogP contribution in [0.3, 0.4) is 0 Å². The van der Waals surface area contributed by atoms with Crippen LogP contribution in [0.4, 0.5) is 0 Å². The van der Waals surface area contributed by atoms with E-state index in [1.807, 2.05) is 13.8 Å². The first-order valence-corrected chi connectivity index (χ1v) is 7.62. The van der Waals surface area contributed by atoms with Crippen LogP contribution in [0.1, 0.15) is 27.2 Å². The summed E-state index contributed by atoms with van der Waals surface area (Å²) in [5, 5.41) is 41.7. The second kappa shape index (κ2) is 8.36. The molecule has 1 unspecified atom stereocenters. The number of aliphatic hydroxyl groups excluding tert-OH is 3. The van der Waals surface area contributed by atoms with Crippen LogP contribution >= 0.6 is 0 Å². The molecule has 7 N–H and O–H groups in total. The summed E-state index contributed by atoms with van der Waals surface area (Å²) in [6.45, 7) is 5.30. The van der Waals surface area contributed by atoms with E-state index in [-0.39, 0.29) is 24.4 Å². The molecule has 7 atom stereocenters. The molecule has 0 aromatic rings. The molecule has 0 aromatic carbocycles. The largest absolute Gasteiger partial charge is 0.479 e. The number of nitrogens with two attached hydrogens (primary N) is 1. The summed E-state index contributed by atoms with van der Waals surface area (Å²) >= 11 is 0. The zero-order chi connectivity index (χ0) is 19.5. The molecule has 25 heavy (non-hydrogen) atoms. The van der Waals surface area contributed by atoms with Gasteiger partial charge in [0.2, 0.25) is 0 Å². The Morgan fingerprint density at radius 1 is 1.08 bits per heavy atom. The fourth-order valence-corrected chi connectivity index (χ4v) is 2.63. The number of ether oxygens (including phenoxy) is 3. The molecule has 11 nitrogen and oxygen atoms in total. The molecule has 1 heterocycles. The van der Waals surface area contributed by atoms with Gasteiger partial charge in [0.1, 0.15) is 12.2 Å². The summed E-state index contributed by atoms with van der Waals surface area (Å²) < 4.78 is 16.8. The van der Waals surface area contributed by atoms with Crippen LogP contribution in [0.5, 0.6) is 0 Å². The predicted octanol–water partition coefficient (Wildman–Crippen LogP) is -2.16. The van der Waals surface area contributed by atoms with Crippen molar-refractivity contribution < 1.29 is 49.3 Å². The van der Waals surface area contributed by atoms with Gasteiger partial charge in [-0.1, -0.05) is 0 Å². The van der Waals surface area contributed by atoms with Crippen molar-refractivity contribution in [2.24, 2.45) is 5.73 Å². The van der Waals surface area contributed by atoms with Crippen molar-refractivity contribution in [1.82, 2.24) is 0 Å². The monoisotopic (exact) mass is 367 g/mol. The van der Waals surface area contributed by atoms with Crippen molar-refractivity contribution in [2.45, 2.75) is 75.8 Å². The molecule has 146 valence electrons. The minimum atomic E-state index is -2.27.